The molecule has 0 unspecified atom stereocenters. The fourth-order valence-electron chi connectivity index (χ4n) is 4.10. The lowest BCUT2D eigenvalue weighted by atomic mass is 10.0. The van der Waals surface area contributed by atoms with Crippen molar-refractivity contribution in [2.24, 2.45) is 0 Å². The molecule has 9 nitrogen and oxygen atoms in total. The van der Waals surface area contributed by atoms with Crippen LogP contribution in [0.25, 0.3) is 11.1 Å². The van der Waals surface area contributed by atoms with Gasteiger partial charge < -0.3 is 24.2 Å². The van der Waals surface area contributed by atoms with Crippen LogP contribution in [0.4, 0.5) is 0 Å². The summed E-state index contributed by atoms with van der Waals surface area (Å²) in [6, 6.07) is 6.96. The third-order valence-electron chi connectivity index (χ3n) is 5.73. The predicted octanol–water partition coefficient (Wildman–Crippen LogP) is 2.60. The van der Waals surface area contributed by atoms with E-state index in [0.29, 0.717) is 71.0 Å². The lowest BCUT2D eigenvalue weighted by Gasteiger charge is -2.32. The van der Waals surface area contributed by atoms with Crippen molar-refractivity contribution in [1.82, 2.24) is 20.4 Å². The first-order valence-corrected chi connectivity index (χ1v) is 10.2. The maximum atomic E-state index is 13.0. The van der Waals surface area contributed by atoms with Gasteiger partial charge in [0.1, 0.15) is 0 Å². The third kappa shape index (κ3) is 3.56. The van der Waals surface area contributed by atoms with Gasteiger partial charge in [-0.05, 0) is 51.0 Å². The van der Waals surface area contributed by atoms with E-state index in [1.807, 2.05) is 6.92 Å². The van der Waals surface area contributed by atoms with E-state index in [2.05, 4.69) is 15.5 Å². The van der Waals surface area contributed by atoms with Gasteiger partial charge in [0.25, 0.3) is 17.5 Å². The lowest BCUT2D eigenvalue weighted by Crippen LogP contribution is -2.46. The van der Waals surface area contributed by atoms with E-state index in [9.17, 15) is 9.59 Å². The van der Waals surface area contributed by atoms with Crippen LogP contribution in [0.5, 0.6) is 11.5 Å². The first kappa shape index (κ1) is 19.3. The Labute approximate surface area is 178 Å². The zero-order chi connectivity index (χ0) is 21.5. The van der Waals surface area contributed by atoms with Crippen molar-refractivity contribution >= 4 is 22.9 Å². The van der Waals surface area contributed by atoms with Gasteiger partial charge in [-0.1, -0.05) is 5.16 Å². The van der Waals surface area contributed by atoms with Crippen LogP contribution in [0.2, 0.25) is 0 Å². The van der Waals surface area contributed by atoms with E-state index in [-0.39, 0.29) is 24.6 Å². The Kier molecular flexibility index (Phi) is 4.72. The summed E-state index contributed by atoms with van der Waals surface area (Å²) in [5.41, 5.74) is 2.78. The van der Waals surface area contributed by atoms with Crippen molar-refractivity contribution in [1.29, 1.82) is 0 Å². The number of nitrogens with one attached hydrogen (secondary N) is 1. The molecular formula is C22H22N4O5. The highest BCUT2D eigenvalue weighted by Gasteiger charge is 2.27. The van der Waals surface area contributed by atoms with Gasteiger partial charge >= 0.3 is 0 Å². The second kappa shape index (κ2) is 7.57. The minimum absolute atomic E-state index is 0.0167. The standard InChI is InChI=1S/C22H22N4O5/c1-12-9-16(19-13(2)25-31-21(19)23-12)20(27)24-15-5-7-26(8-6-15)22(28)14-3-4-17-18(10-14)30-11-29-17/h3-4,9-10,15H,5-8,11H2,1-2H3,(H,24,27). The van der Waals surface area contributed by atoms with Crippen molar-refractivity contribution < 1.29 is 23.6 Å². The summed E-state index contributed by atoms with van der Waals surface area (Å²) < 4.78 is 15.9. The number of likely N-dealkylation sites (tertiary alicyclic amines) is 1. The van der Waals surface area contributed by atoms with E-state index < -0.39 is 0 Å². The highest BCUT2D eigenvalue weighted by Crippen LogP contribution is 2.33. The summed E-state index contributed by atoms with van der Waals surface area (Å²) >= 11 is 0. The van der Waals surface area contributed by atoms with Gasteiger partial charge in [0, 0.05) is 30.4 Å². The Balaban J connectivity index is 1.24. The summed E-state index contributed by atoms with van der Waals surface area (Å²) in [5, 5.41) is 7.66. The van der Waals surface area contributed by atoms with Crippen molar-refractivity contribution in [3.8, 4) is 11.5 Å². The van der Waals surface area contributed by atoms with Gasteiger partial charge in [-0.15, -0.1) is 0 Å². The molecular weight excluding hydrogens is 400 g/mol. The quantitative estimate of drug-likeness (QED) is 0.691. The number of aromatic nitrogens is 2. The molecule has 2 aliphatic heterocycles. The largest absolute Gasteiger partial charge is 0.454 e. The predicted molar refractivity (Wildman–Crippen MR) is 110 cm³/mol. The summed E-state index contributed by atoms with van der Waals surface area (Å²) in [7, 11) is 0. The van der Waals surface area contributed by atoms with E-state index in [1.165, 1.54) is 0 Å². The highest BCUT2D eigenvalue weighted by atomic mass is 16.7. The smallest absolute Gasteiger partial charge is 0.258 e. The maximum absolute atomic E-state index is 13.0. The van der Waals surface area contributed by atoms with Gasteiger partial charge in [-0.2, -0.15) is 0 Å². The number of hydrogen-bond acceptors (Lipinski definition) is 7. The summed E-state index contributed by atoms with van der Waals surface area (Å²) in [6.45, 7) is 4.91. The van der Waals surface area contributed by atoms with Crippen LogP contribution in [-0.2, 0) is 0 Å². The number of amides is 2. The van der Waals surface area contributed by atoms with Crippen molar-refractivity contribution in [2.45, 2.75) is 32.7 Å². The molecule has 31 heavy (non-hydrogen) atoms. The molecule has 160 valence electrons. The molecule has 2 amide bonds. The van der Waals surface area contributed by atoms with E-state index in [4.69, 9.17) is 14.0 Å². The molecule has 0 saturated carbocycles. The molecule has 0 atom stereocenters. The third-order valence-corrected chi connectivity index (χ3v) is 5.73. The van der Waals surface area contributed by atoms with Crippen LogP contribution >= 0.6 is 0 Å². The van der Waals surface area contributed by atoms with E-state index >= 15 is 0 Å². The summed E-state index contributed by atoms with van der Waals surface area (Å²) in [4.78, 5) is 31.9. The highest BCUT2D eigenvalue weighted by molar-refractivity contribution is 6.06. The topological polar surface area (TPSA) is 107 Å². The van der Waals surface area contributed by atoms with Gasteiger partial charge in [0.05, 0.1) is 16.6 Å². The van der Waals surface area contributed by atoms with Crippen LogP contribution in [0.1, 0.15) is 44.9 Å². The van der Waals surface area contributed by atoms with E-state index in [1.54, 1.807) is 36.1 Å². The first-order valence-electron chi connectivity index (χ1n) is 10.2. The number of carbonyl (C=O) groups is 2. The number of carbonyl (C=O) groups excluding carboxylic acids is 2. The van der Waals surface area contributed by atoms with Crippen molar-refractivity contribution in [3.63, 3.8) is 0 Å². The Bertz CT molecular complexity index is 1180. The molecule has 0 bridgehead atoms. The number of rotatable bonds is 3. The Morgan fingerprint density at radius 3 is 2.68 bits per heavy atom. The van der Waals surface area contributed by atoms with Crippen LogP contribution in [0.3, 0.4) is 0 Å². The van der Waals surface area contributed by atoms with Gasteiger partial charge in [0.15, 0.2) is 11.5 Å². The average Bonchev–Trinajstić information content (AvgIpc) is 3.39. The Morgan fingerprint density at radius 2 is 1.87 bits per heavy atom. The molecule has 2 aromatic heterocycles. The SMILES string of the molecule is Cc1cc(C(=O)NC2CCN(C(=O)c3ccc4c(c3)OCO4)CC2)c2c(C)noc2n1. The zero-order valence-electron chi connectivity index (χ0n) is 17.3. The number of hydrogen-bond donors (Lipinski definition) is 1. The first-order chi connectivity index (χ1) is 15.0. The molecule has 0 aliphatic carbocycles. The molecule has 0 radical (unpaired) electrons. The van der Waals surface area contributed by atoms with Gasteiger partial charge in [-0.25, -0.2) is 4.98 Å². The van der Waals surface area contributed by atoms with Crippen molar-refractivity contribution in [2.75, 3.05) is 19.9 Å². The fourth-order valence-corrected chi connectivity index (χ4v) is 4.10. The molecule has 2 aliphatic rings. The lowest BCUT2D eigenvalue weighted by molar-refractivity contribution is 0.0697. The molecule has 1 N–H and O–H groups in total. The fraction of sp³-hybridized carbons (Fsp3) is 0.364. The molecule has 0 spiro atoms. The average molecular weight is 422 g/mol. The minimum atomic E-state index is -0.178. The minimum Gasteiger partial charge on any atom is -0.454 e. The number of benzene rings is 1. The maximum Gasteiger partial charge on any atom is 0.258 e. The van der Waals surface area contributed by atoms with Crippen LogP contribution in [0.15, 0.2) is 28.8 Å². The molecule has 5 rings (SSSR count). The number of fused-ring (bicyclic) bond motifs is 2. The van der Waals surface area contributed by atoms with E-state index in [0.717, 1.165) is 0 Å². The number of piperidine rings is 1. The zero-order valence-corrected chi connectivity index (χ0v) is 17.3. The molecule has 3 aromatic rings. The molecule has 4 heterocycles. The van der Waals surface area contributed by atoms with Crippen LogP contribution in [-0.4, -0.2) is 52.8 Å². The number of pyridine rings is 1. The van der Waals surface area contributed by atoms with Gasteiger partial charge in [0.2, 0.25) is 6.79 Å². The monoisotopic (exact) mass is 422 g/mol. The van der Waals surface area contributed by atoms with Crippen LogP contribution < -0.4 is 14.8 Å². The summed E-state index contributed by atoms with van der Waals surface area (Å²) in [5.74, 6) is 1.02. The number of nitrogens with zero attached hydrogens (tertiary/aromatic N) is 3. The number of aryl methyl sites for hydroxylation is 2. The Hall–Kier alpha value is -3.62. The van der Waals surface area contributed by atoms with Gasteiger partial charge in [-0.3, -0.25) is 9.59 Å². The second-order valence-corrected chi connectivity index (χ2v) is 7.87. The molecule has 1 saturated heterocycles. The molecule has 1 fully saturated rings. The second-order valence-electron chi connectivity index (χ2n) is 7.87. The normalized spacial score (nSPS) is 16.0. The van der Waals surface area contributed by atoms with Crippen LogP contribution in [0, 0.1) is 13.8 Å². The summed E-state index contributed by atoms with van der Waals surface area (Å²) in [6.07, 6.45) is 1.36. The number of ether oxygens (including phenoxy) is 2. The Morgan fingerprint density at radius 1 is 1.10 bits per heavy atom. The molecule has 1 aromatic carbocycles. The molecule has 9 heteroatoms. The van der Waals surface area contributed by atoms with Crippen molar-refractivity contribution in [3.05, 3.63) is 46.8 Å².